The van der Waals surface area contributed by atoms with Crippen LogP contribution in [0.25, 0.3) is 10.9 Å². The molecule has 2 aliphatic rings. The summed E-state index contributed by atoms with van der Waals surface area (Å²) in [7, 11) is 0. The Balaban J connectivity index is 1.31. The summed E-state index contributed by atoms with van der Waals surface area (Å²) in [5.41, 5.74) is 2.05. The van der Waals surface area contributed by atoms with E-state index in [2.05, 4.69) is 18.8 Å². The van der Waals surface area contributed by atoms with Gasteiger partial charge < -0.3 is 14.8 Å². The molecule has 0 unspecified atom stereocenters. The number of fused-ring (bicyclic) bond motifs is 1. The number of piperidine rings is 1. The van der Waals surface area contributed by atoms with Crippen LogP contribution in [0.2, 0.25) is 0 Å². The molecule has 5 rings (SSSR count). The van der Waals surface area contributed by atoms with Gasteiger partial charge in [0.25, 0.3) is 5.91 Å². The number of rotatable bonds is 5. The summed E-state index contributed by atoms with van der Waals surface area (Å²) in [6, 6.07) is 16.5. The van der Waals surface area contributed by atoms with E-state index in [1.54, 1.807) is 12.1 Å². The molecule has 1 aromatic heterocycles. The summed E-state index contributed by atoms with van der Waals surface area (Å²) in [4.78, 5) is 34.0. The van der Waals surface area contributed by atoms with Gasteiger partial charge in [0.2, 0.25) is 5.91 Å². The fourth-order valence-electron chi connectivity index (χ4n) is 5.78. The van der Waals surface area contributed by atoms with Crippen LogP contribution in [0.5, 0.6) is 0 Å². The van der Waals surface area contributed by atoms with Gasteiger partial charge in [0, 0.05) is 36.6 Å². The molecular weight excluding hydrogens is 429 g/mol. The van der Waals surface area contributed by atoms with E-state index in [1.165, 1.54) is 6.07 Å². The molecule has 1 spiro atoms. The Morgan fingerprint density at radius 2 is 1.88 bits per heavy atom. The minimum Gasteiger partial charge on any atom is -0.351 e. The minimum atomic E-state index is -0.426. The molecular formula is C28H32FN3O2. The average Bonchev–Trinajstić information content (AvgIpc) is 3.35. The number of benzene rings is 2. The molecule has 178 valence electrons. The van der Waals surface area contributed by atoms with Crippen LogP contribution in [-0.2, 0) is 11.2 Å². The van der Waals surface area contributed by atoms with Gasteiger partial charge in [-0.2, -0.15) is 0 Å². The molecule has 1 atom stereocenters. The molecule has 2 saturated heterocycles. The summed E-state index contributed by atoms with van der Waals surface area (Å²) in [5, 5.41) is 1.02. The lowest BCUT2D eigenvalue weighted by Crippen LogP contribution is -2.47. The number of carbonyl (C=O) groups is 2. The Hall–Kier alpha value is -3.15. The number of nitrogens with zero attached hydrogens (tertiary/aromatic N) is 2. The Morgan fingerprint density at radius 1 is 1.12 bits per heavy atom. The first-order chi connectivity index (χ1) is 16.3. The van der Waals surface area contributed by atoms with Crippen molar-refractivity contribution < 1.29 is 14.0 Å². The Kier molecular flexibility index (Phi) is 5.92. The zero-order chi connectivity index (χ0) is 23.9. The second kappa shape index (κ2) is 8.90. The van der Waals surface area contributed by atoms with Crippen molar-refractivity contribution in [2.75, 3.05) is 19.6 Å². The second-order valence-corrected chi connectivity index (χ2v) is 10.4. The molecule has 1 N–H and O–H groups in total. The van der Waals surface area contributed by atoms with E-state index in [-0.39, 0.29) is 23.7 Å². The molecule has 3 aromatic rings. The lowest BCUT2D eigenvalue weighted by molar-refractivity contribution is -0.139. The first-order valence-electron chi connectivity index (χ1n) is 12.3. The van der Waals surface area contributed by atoms with Gasteiger partial charge in [-0.1, -0.05) is 44.2 Å². The molecule has 2 aliphatic heterocycles. The average molecular weight is 462 g/mol. The fraction of sp³-hybridized carbons (Fsp3) is 0.429. The van der Waals surface area contributed by atoms with Gasteiger partial charge in [-0.05, 0) is 61.4 Å². The normalized spacial score (nSPS) is 20.1. The van der Waals surface area contributed by atoms with E-state index in [0.29, 0.717) is 50.5 Å². The lowest BCUT2D eigenvalue weighted by atomic mass is 9.75. The first kappa shape index (κ1) is 22.6. The Bertz CT molecular complexity index is 1180. The van der Waals surface area contributed by atoms with Gasteiger partial charge in [0.1, 0.15) is 11.5 Å². The van der Waals surface area contributed by atoms with Crippen molar-refractivity contribution >= 4 is 22.7 Å². The van der Waals surface area contributed by atoms with Crippen molar-refractivity contribution in [1.82, 2.24) is 14.8 Å². The van der Waals surface area contributed by atoms with Gasteiger partial charge in [-0.3, -0.25) is 9.59 Å². The lowest BCUT2D eigenvalue weighted by Gasteiger charge is -2.38. The predicted octanol–water partition coefficient (Wildman–Crippen LogP) is 5.03. The van der Waals surface area contributed by atoms with Crippen LogP contribution in [0, 0.1) is 17.2 Å². The van der Waals surface area contributed by atoms with Gasteiger partial charge in [-0.25, -0.2) is 4.39 Å². The van der Waals surface area contributed by atoms with E-state index < -0.39 is 5.41 Å². The highest BCUT2D eigenvalue weighted by molar-refractivity contribution is 5.98. The van der Waals surface area contributed by atoms with Crippen LogP contribution in [0.15, 0.2) is 54.6 Å². The summed E-state index contributed by atoms with van der Waals surface area (Å²) >= 11 is 0. The number of hydrogen-bond donors (Lipinski definition) is 1. The maximum Gasteiger partial charge on any atom is 0.270 e. The third-order valence-electron chi connectivity index (χ3n) is 7.47. The van der Waals surface area contributed by atoms with Gasteiger partial charge in [0.15, 0.2) is 0 Å². The third-order valence-corrected chi connectivity index (χ3v) is 7.47. The van der Waals surface area contributed by atoms with E-state index in [4.69, 9.17) is 0 Å². The third kappa shape index (κ3) is 4.22. The summed E-state index contributed by atoms with van der Waals surface area (Å²) in [5.74, 6) is 0.320. The molecule has 2 fully saturated rings. The summed E-state index contributed by atoms with van der Waals surface area (Å²) in [6.45, 7) is 6.10. The number of nitrogens with one attached hydrogen (secondary N) is 1. The Labute approximate surface area is 199 Å². The summed E-state index contributed by atoms with van der Waals surface area (Å²) in [6.07, 6.45) is 2.78. The number of halogens is 1. The highest BCUT2D eigenvalue weighted by atomic mass is 19.1. The maximum atomic E-state index is 13.8. The molecule has 6 heteroatoms. The number of para-hydroxylation sites is 1. The van der Waals surface area contributed by atoms with Crippen LogP contribution >= 0.6 is 0 Å². The van der Waals surface area contributed by atoms with Crippen molar-refractivity contribution in [3.8, 4) is 0 Å². The van der Waals surface area contributed by atoms with Gasteiger partial charge >= 0.3 is 0 Å². The molecule has 0 bridgehead atoms. The van der Waals surface area contributed by atoms with E-state index in [0.717, 1.165) is 22.9 Å². The van der Waals surface area contributed by atoms with Crippen LogP contribution in [0.1, 0.15) is 49.2 Å². The molecule has 0 saturated carbocycles. The van der Waals surface area contributed by atoms with Crippen molar-refractivity contribution in [3.05, 3.63) is 71.7 Å². The van der Waals surface area contributed by atoms with Crippen molar-refractivity contribution in [2.45, 2.75) is 45.6 Å². The fourth-order valence-corrected chi connectivity index (χ4v) is 5.78. The quantitative estimate of drug-likeness (QED) is 0.580. The zero-order valence-electron chi connectivity index (χ0n) is 19.9. The zero-order valence-corrected chi connectivity index (χ0v) is 19.9. The van der Waals surface area contributed by atoms with Crippen LogP contribution in [0.4, 0.5) is 4.39 Å². The molecule has 0 aliphatic carbocycles. The number of carbonyl (C=O) groups excluding carboxylic acids is 2. The van der Waals surface area contributed by atoms with Crippen LogP contribution in [-0.4, -0.2) is 52.3 Å². The molecule has 2 aromatic carbocycles. The standard InChI is InChI=1S/C28H32FN3O2/c1-19(2)18-32-23(15-20-6-5-8-22(29)14-20)17-28(27(32)34)10-12-31(13-11-28)26(33)25-16-21-7-3-4-9-24(21)30-25/h3-9,14,16,19,23,30H,10-13,15,17-18H2,1-2H3/t23-/m1/s1. The highest BCUT2D eigenvalue weighted by Gasteiger charge is 2.52. The van der Waals surface area contributed by atoms with E-state index >= 15 is 0 Å². The second-order valence-electron chi connectivity index (χ2n) is 10.4. The maximum absolute atomic E-state index is 13.8. The molecule has 0 radical (unpaired) electrons. The molecule has 34 heavy (non-hydrogen) atoms. The topological polar surface area (TPSA) is 56.4 Å². The number of amides is 2. The number of aromatic amines is 1. The smallest absolute Gasteiger partial charge is 0.270 e. The van der Waals surface area contributed by atoms with Crippen molar-refractivity contribution in [1.29, 1.82) is 0 Å². The predicted molar refractivity (Wildman–Crippen MR) is 131 cm³/mol. The monoisotopic (exact) mass is 461 g/mol. The van der Waals surface area contributed by atoms with E-state index in [9.17, 15) is 14.0 Å². The van der Waals surface area contributed by atoms with Crippen molar-refractivity contribution in [3.63, 3.8) is 0 Å². The van der Waals surface area contributed by atoms with Crippen LogP contribution in [0.3, 0.4) is 0 Å². The van der Waals surface area contributed by atoms with Gasteiger partial charge in [0.05, 0.1) is 5.41 Å². The molecule has 2 amide bonds. The summed E-state index contributed by atoms with van der Waals surface area (Å²) < 4.78 is 13.8. The largest absolute Gasteiger partial charge is 0.351 e. The Morgan fingerprint density at radius 3 is 2.59 bits per heavy atom. The first-order valence-corrected chi connectivity index (χ1v) is 12.3. The SMILES string of the molecule is CC(C)CN1C(=O)C2(CCN(C(=O)c3cc4ccccc4[nH]3)CC2)C[C@H]1Cc1cccc(F)c1. The van der Waals surface area contributed by atoms with E-state index in [1.807, 2.05) is 46.2 Å². The number of hydrogen-bond acceptors (Lipinski definition) is 2. The van der Waals surface area contributed by atoms with Gasteiger partial charge in [-0.15, -0.1) is 0 Å². The number of likely N-dealkylation sites (tertiary alicyclic amines) is 2. The molecule has 3 heterocycles. The number of aromatic nitrogens is 1. The van der Waals surface area contributed by atoms with Crippen LogP contribution < -0.4 is 0 Å². The highest BCUT2D eigenvalue weighted by Crippen LogP contribution is 2.45. The van der Waals surface area contributed by atoms with Crippen molar-refractivity contribution in [2.24, 2.45) is 11.3 Å². The minimum absolute atomic E-state index is 0.00755. The molecule has 5 nitrogen and oxygen atoms in total. The number of H-pyrrole nitrogens is 1.